The fraction of sp³-hybridized carbons (Fsp3) is 0.375. The highest BCUT2D eigenvalue weighted by atomic mass is 16.5. The third-order valence-corrected chi connectivity index (χ3v) is 5.92. The molecule has 152 valence electrons. The van der Waals surface area contributed by atoms with Gasteiger partial charge in [-0.15, -0.1) is 0 Å². The predicted molar refractivity (Wildman–Crippen MR) is 117 cm³/mol. The first-order chi connectivity index (χ1) is 14.1. The summed E-state index contributed by atoms with van der Waals surface area (Å²) in [6.45, 7) is 0.530. The molecule has 1 aliphatic rings. The molecule has 1 heterocycles. The van der Waals surface area contributed by atoms with Gasteiger partial charge in [0.2, 0.25) is 0 Å². The number of rotatable bonds is 6. The minimum atomic E-state index is -0.0348. The van der Waals surface area contributed by atoms with Crippen LogP contribution in [0.1, 0.15) is 46.1 Å². The van der Waals surface area contributed by atoms with E-state index in [9.17, 15) is 4.79 Å². The molecule has 5 nitrogen and oxygen atoms in total. The number of H-pyrrole nitrogens is 1. The van der Waals surface area contributed by atoms with Gasteiger partial charge < -0.3 is 19.9 Å². The molecule has 29 heavy (non-hydrogen) atoms. The van der Waals surface area contributed by atoms with Gasteiger partial charge in [0.1, 0.15) is 5.75 Å². The van der Waals surface area contributed by atoms with Gasteiger partial charge in [-0.25, -0.2) is 0 Å². The molecule has 1 aliphatic carbocycles. The number of benzene rings is 2. The SMILES string of the molecule is COc1cccc([C@@H](CNC(=O)c2ccc3[nH]c4c(c3c2)CCCC4)N(C)C)c1. The van der Waals surface area contributed by atoms with Crippen LogP contribution in [0.2, 0.25) is 0 Å². The Hall–Kier alpha value is -2.79. The molecule has 2 N–H and O–H groups in total. The van der Waals surface area contributed by atoms with Crippen molar-refractivity contribution in [2.75, 3.05) is 27.7 Å². The Labute approximate surface area is 172 Å². The molecule has 1 atom stereocenters. The van der Waals surface area contributed by atoms with E-state index in [1.165, 1.54) is 29.5 Å². The van der Waals surface area contributed by atoms with Crippen molar-refractivity contribution < 1.29 is 9.53 Å². The zero-order valence-electron chi connectivity index (χ0n) is 17.4. The molecule has 4 rings (SSSR count). The Balaban J connectivity index is 1.52. The van der Waals surface area contributed by atoms with Crippen molar-refractivity contribution in [1.29, 1.82) is 0 Å². The monoisotopic (exact) mass is 391 g/mol. The Bertz CT molecular complexity index is 1020. The molecule has 0 unspecified atom stereocenters. The predicted octanol–water partition coefficient (Wildman–Crippen LogP) is 4.09. The third kappa shape index (κ3) is 4.01. The number of methoxy groups -OCH3 is 1. The highest BCUT2D eigenvalue weighted by molar-refractivity contribution is 5.99. The molecule has 5 heteroatoms. The molecule has 1 amide bonds. The molecule has 0 spiro atoms. The van der Waals surface area contributed by atoms with Crippen LogP contribution in [-0.4, -0.2) is 43.5 Å². The maximum absolute atomic E-state index is 12.9. The van der Waals surface area contributed by atoms with Gasteiger partial charge in [-0.1, -0.05) is 12.1 Å². The van der Waals surface area contributed by atoms with Gasteiger partial charge in [-0.05, 0) is 81.2 Å². The van der Waals surface area contributed by atoms with Crippen LogP contribution < -0.4 is 10.1 Å². The van der Waals surface area contributed by atoms with Crippen LogP contribution in [-0.2, 0) is 12.8 Å². The number of nitrogens with one attached hydrogen (secondary N) is 2. The van der Waals surface area contributed by atoms with Gasteiger partial charge >= 0.3 is 0 Å². The zero-order valence-corrected chi connectivity index (χ0v) is 17.4. The average molecular weight is 392 g/mol. The summed E-state index contributed by atoms with van der Waals surface area (Å²) in [6, 6.07) is 14.1. The van der Waals surface area contributed by atoms with Crippen LogP contribution in [0.15, 0.2) is 42.5 Å². The summed E-state index contributed by atoms with van der Waals surface area (Å²) >= 11 is 0. The van der Waals surface area contributed by atoms with Crippen LogP contribution in [0.3, 0.4) is 0 Å². The number of carbonyl (C=O) groups is 1. The van der Waals surface area contributed by atoms with Gasteiger partial charge in [0.05, 0.1) is 13.2 Å². The number of fused-ring (bicyclic) bond motifs is 3. The zero-order chi connectivity index (χ0) is 20.4. The van der Waals surface area contributed by atoms with Crippen molar-refractivity contribution >= 4 is 16.8 Å². The lowest BCUT2D eigenvalue weighted by atomic mass is 9.95. The first kappa shape index (κ1) is 19.5. The summed E-state index contributed by atoms with van der Waals surface area (Å²) in [4.78, 5) is 18.5. The van der Waals surface area contributed by atoms with E-state index in [0.717, 1.165) is 29.7 Å². The van der Waals surface area contributed by atoms with Crippen molar-refractivity contribution in [1.82, 2.24) is 15.2 Å². The number of amides is 1. The average Bonchev–Trinajstić information content (AvgIpc) is 3.11. The number of hydrogen-bond acceptors (Lipinski definition) is 3. The molecule has 0 saturated carbocycles. The number of ether oxygens (including phenoxy) is 1. The lowest BCUT2D eigenvalue weighted by Gasteiger charge is -2.25. The third-order valence-electron chi connectivity index (χ3n) is 5.92. The number of carbonyl (C=O) groups excluding carboxylic acids is 1. The molecule has 0 radical (unpaired) electrons. The topological polar surface area (TPSA) is 57.4 Å². The first-order valence-corrected chi connectivity index (χ1v) is 10.3. The van der Waals surface area contributed by atoms with E-state index in [2.05, 4.69) is 21.3 Å². The van der Waals surface area contributed by atoms with E-state index in [1.54, 1.807) is 7.11 Å². The van der Waals surface area contributed by atoms with Gasteiger partial charge in [0.15, 0.2) is 0 Å². The number of nitrogens with zero attached hydrogens (tertiary/aromatic N) is 1. The quantitative estimate of drug-likeness (QED) is 0.665. The second kappa shape index (κ2) is 8.29. The Morgan fingerprint density at radius 3 is 2.79 bits per heavy atom. The Morgan fingerprint density at radius 1 is 1.17 bits per heavy atom. The summed E-state index contributed by atoms with van der Waals surface area (Å²) in [5.74, 6) is 0.788. The maximum Gasteiger partial charge on any atom is 0.251 e. The van der Waals surface area contributed by atoms with E-state index in [-0.39, 0.29) is 11.9 Å². The van der Waals surface area contributed by atoms with Gasteiger partial charge in [0.25, 0.3) is 5.91 Å². The van der Waals surface area contributed by atoms with Crippen LogP contribution in [0.25, 0.3) is 10.9 Å². The fourth-order valence-electron chi connectivity index (χ4n) is 4.29. The number of likely N-dealkylation sites (N-methyl/N-ethyl adjacent to an activating group) is 1. The van der Waals surface area contributed by atoms with E-state index < -0.39 is 0 Å². The van der Waals surface area contributed by atoms with Crippen molar-refractivity contribution in [2.45, 2.75) is 31.7 Å². The molecule has 0 aliphatic heterocycles. The minimum absolute atomic E-state index is 0.0348. The number of hydrogen-bond donors (Lipinski definition) is 2. The highest BCUT2D eigenvalue weighted by Crippen LogP contribution is 2.30. The van der Waals surface area contributed by atoms with E-state index >= 15 is 0 Å². The van der Waals surface area contributed by atoms with Crippen molar-refractivity contribution in [3.05, 3.63) is 64.8 Å². The van der Waals surface area contributed by atoms with E-state index in [0.29, 0.717) is 12.1 Å². The summed E-state index contributed by atoms with van der Waals surface area (Å²) in [7, 11) is 5.71. The standard InChI is InChI=1S/C24H29N3O2/c1-27(2)23(16-7-6-8-18(13-16)29-3)15-25-24(28)17-11-12-22-20(14-17)19-9-4-5-10-21(19)26-22/h6-8,11-14,23,26H,4-5,9-10,15H2,1-3H3,(H,25,28)/t23-/m1/s1. The molecule has 2 aromatic carbocycles. The smallest absolute Gasteiger partial charge is 0.251 e. The molecule has 1 aromatic heterocycles. The number of aromatic amines is 1. The first-order valence-electron chi connectivity index (χ1n) is 10.3. The van der Waals surface area contributed by atoms with Crippen LogP contribution in [0.5, 0.6) is 5.75 Å². The van der Waals surface area contributed by atoms with Gasteiger partial charge in [-0.2, -0.15) is 0 Å². The fourth-order valence-corrected chi connectivity index (χ4v) is 4.29. The summed E-state index contributed by atoms with van der Waals surface area (Å²) in [5, 5.41) is 4.32. The Morgan fingerprint density at radius 2 is 2.00 bits per heavy atom. The molecule has 0 fully saturated rings. The van der Waals surface area contributed by atoms with Crippen LogP contribution in [0, 0.1) is 0 Å². The van der Waals surface area contributed by atoms with Crippen molar-refractivity contribution in [2.24, 2.45) is 0 Å². The molecule has 3 aromatic rings. The van der Waals surface area contributed by atoms with Crippen molar-refractivity contribution in [3.8, 4) is 5.75 Å². The second-order valence-corrected chi connectivity index (χ2v) is 8.02. The number of aryl methyl sites for hydroxylation is 2. The molecule has 0 saturated heterocycles. The van der Waals surface area contributed by atoms with E-state index in [1.807, 2.05) is 50.5 Å². The van der Waals surface area contributed by atoms with Crippen LogP contribution >= 0.6 is 0 Å². The van der Waals surface area contributed by atoms with Gasteiger partial charge in [0, 0.05) is 28.7 Å². The highest BCUT2D eigenvalue weighted by Gasteiger charge is 2.19. The number of aromatic nitrogens is 1. The summed E-state index contributed by atoms with van der Waals surface area (Å²) < 4.78 is 5.35. The van der Waals surface area contributed by atoms with Crippen molar-refractivity contribution in [3.63, 3.8) is 0 Å². The molecular formula is C24H29N3O2. The molecular weight excluding hydrogens is 362 g/mol. The minimum Gasteiger partial charge on any atom is -0.497 e. The largest absolute Gasteiger partial charge is 0.497 e. The van der Waals surface area contributed by atoms with E-state index in [4.69, 9.17) is 4.74 Å². The summed E-state index contributed by atoms with van der Waals surface area (Å²) in [6.07, 6.45) is 4.67. The van der Waals surface area contributed by atoms with Crippen LogP contribution in [0.4, 0.5) is 0 Å². The lowest BCUT2D eigenvalue weighted by Crippen LogP contribution is -2.34. The summed E-state index contributed by atoms with van der Waals surface area (Å²) in [5.41, 5.74) is 5.70. The van der Waals surface area contributed by atoms with Gasteiger partial charge in [-0.3, -0.25) is 4.79 Å². The lowest BCUT2D eigenvalue weighted by molar-refractivity contribution is 0.0942. The second-order valence-electron chi connectivity index (χ2n) is 8.02. The molecule has 0 bridgehead atoms. The maximum atomic E-state index is 12.9. The normalized spacial score (nSPS) is 14.6. The Kier molecular flexibility index (Phi) is 5.58.